The molecule has 0 aliphatic carbocycles. The lowest BCUT2D eigenvalue weighted by Gasteiger charge is -1.88. The van der Waals surface area contributed by atoms with Crippen LogP contribution >= 0.6 is 0 Å². The molecule has 0 rings (SSSR count). The molecule has 1 N–H and O–H groups in total. The van der Waals surface area contributed by atoms with Gasteiger partial charge in [-0.05, 0) is 6.92 Å². The van der Waals surface area contributed by atoms with E-state index in [0.717, 1.165) is 6.26 Å². The Bertz CT molecular complexity index is 275. The molecule has 0 aliphatic rings. The van der Waals surface area contributed by atoms with E-state index in [0.29, 0.717) is 0 Å². The van der Waals surface area contributed by atoms with E-state index < -0.39 is 17.7 Å². The van der Waals surface area contributed by atoms with Gasteiger partial charge in [0.2, 0.25) is 0 Å². The van der Waals surface area contributed by atoms with Crippen molar-refractivity contribution in [3.8, 4) is 0 Å². The van der Waals surface area contributed by atoms with Crippen molar-refractivity contribution in [3.63, 3.8) is 0 Å². The minimum atomic E-state index is -1.65. The lowest BCUT2D eigenvalue weighted by Crippen LogP contribution is -2.25. The molecule has 0 saturated carbocycles. The molecule has 0 amide bonds. The summed E-state index contributed by atoms with van der Waals surface area (Å²) >= 11 is 0. The van der Waals surface area contributed by atoms with Crippen LogP contribution in [-0.2, 0) is 14.3 Å². The first kappa shape index (κ1) is 10.1. The summed E-state index contributed by atoms with van der Waals surface area (Å²) in [4.78, 5) is 23.0. The Morgan fingerprint density at radius 3 is 2.50 bits per heavy atom. The highest BCUT2D eigenvalue weighted by Crippen LogP contribution is 1.83. The minimum Gasteiger partial charge on any atom is -0.472 e. The fourth-order valence-corrected chi connectivity index (χ4v) is 0.357. The van der Waals surface area contributed by atoms with Crippen LogP contribution in [0.1, 0.15) is 6.92 Å². The van der Waals surface area contributed by atoms with Crippen molar-refractivity contribution in [1.82, 2.24) is 0 Å². The topological polar surface area (TPSA) is 100 Å². The Morgan fingerprint density at radius 2 is 2.17 bits per heavy atom. The number of carboxylic acids is 1. The molecule has 64 valence electrons. The standard InChI is InChI=1S/C6H6N2O4/c1-2-3-12-6(11)4(8-7)5(9)10/h2-3H,1H3,(H,9,10). The number of hydrogen-bond acceptors (Lipinski definition) is 3. The Balaban J connectivity index is 4.46. The van der Waals surface area contributed by atoms with Crippen LogP contribution in [0.3, 0.4) is 0 Å². The fourth-order valence-electron chi connectivity index (χ4n) is 0.357. The third kappa shape index (κ3) is 2.76. The number of hydrogen-bond donors (Lipinski definition) is 1. The van der Waals surface area contributed by atoms with E-state index in [1.54, 1.807) is 6.92 Å². The van der Waals surface area contributed by atoms with Gasteiger partial charge in [-0.15, -0.1) is 0 Å². The molecule has 12 heavy (non-hydrogen) atoms. The molecule has 0 aromatic carbocycles. The van der Waals surface area contributed by atoms with E-state index in [1.807, 2.05) is 0 Å². The molecule has 0 aromatic heterocycles. The third-order valence-corrected chi connectivity index (χ3v) is 0.807. The van der Waals surface area contributed by atoms with Crippen molar-refractivity contribution < 1.29 is 24.2 Å². The van der Waals surface area contributed by atoms with Crippen LogP contribution < -0.4 is 0 Å². The molecule has 0 unspecified atom stereocenters. The average Bonchev–Trinajstić information content (AvgIpc) is 2.01. The van der Waals surface area contributed by atoms with Crippen LogP contribution in [0.2, 0.25) is 0 Å². The van der Waals surface area contributed by atoms with Gasteiger partial charge in [-0.2, -0.15) is 4.79 Å². The summed E-state index contributed by atoms with van der Waals surface area (Å²) in [6.45, 7) is 1.57. The number of aliphatic carboxylic acids is 1. The minimum absolute atomic E-state index is 0.983. The van der Waals surface area contributed by atoms with Crippen LogP contribution in [0.5, 0.6) is 0 Å². The van der Waals surface area contributed by atoms with Crippen molar-refractivity contribution in [2.45, 2.75) is 6.92 Å². The monoisotopic (exact) mass is 170 g/mol. The van der Waals surface area contributed by atoms with Crippen molar-refractivity contribution in [3.05, 3.63) is 17.9 Å². The van der Waals surface area contributed by atoms with Gasteiger partial charge in [-0.25, -0.2) is 9.59 Å². The van der Waals surface area contributed by atoms with Crippen LogP contribution in [0.25, 0.3) is 5.53 Å². The molecule has 0 fully saturated rings. The summed E-state index contributed by atoms with van der Waals surface area (Å²) in [5.41, 5.74) is 6.99. The lowest BCUT2D eigenvalue weighted by molar-refractivity contribution is -0.143. The largest absolute Gasteiger partial charge is 0.482 e. The Kier molecular flexibility index (Phi) is 4.03. The summed E-state index contributed by atoms with van der Waals surface area (Å²) in [5.74, 6) is -2.87. The first-order chi connectivity index (χ1) is 5.63. The van der Waals surface area contributed by atoms with Crippen molar-refractivity contribution in [2.75, 3.05) is 0 Å². The lowest BCUT2D eigenvalue weighted by atomic mass is 10.4. The molecule has 0 heterocycles. The maximum atomic E-state index is 10.6. The second kappa shape index (κ2) is 4.81. The van der Waals surface area contributed by atoms with Crippen molar-refractivity contribution in [1.29, 1.82) is 0 Å². The van der Waals surface area contributed by atoms with E-state index in [1.165, 1.54) is 6.08 Å². The summed E-state index contributed by atoms with van der Waals surface area (Å²) < 4.78 is 4.21. The number of ether oxygens (including phenoxy) is 1. The van der Waals surface area contributed by atoms with Crippen LogP contribution in [-0.4, -0.2) is 27.5 Å². The van der Waals surface area contributed by atoms with Gasteiger partial charge in [0.15, 0.2) is 0 Å². The Labute approximate surface area is 67.7 Å². The summed E-state index contributed by atoms with van der Waals surface area (Å²) in [6.07, 6.45) is 2.37. The SMILES string of the molecule is CC=COC(=O)C(=[N+]=[N-])C(=O)O. The number of carboxylic acid groups (broad SMARTS) is 1. The molecular formula is C6H6N2O4. The number of rotatable bonds is 3. The fraction of sp³-hybridized carbons (Fsp3) is 0.167. The van der Waals surface area contributed by atoms with E-state index in [4.69, 9.17) is 10.6 Å². The zero-order chi connectivity index (χ0) is 9.56. The second-order valence-corrected chi connectivity index (χ2v) is 1.63. The van der Waals surface area contributed by atoms with Gasteiger partial charge in [0.25, 0.3) is 0 Å². The van der Waals surface area contributed by atoms with Gasteiger partial charge in [-0.1, -0.05) is 6.08 Å². The predicted molar refractivity (Wildman–Crippen MR) is 37.2 cm³/mol. The highest BCUT2D eigenvalue weighted by atomic mass is 16.5. The molecule has 6 nitrogen and oxygen atoms in total. The molecule has 0 aromatic rings. The van der Waals surface area contributed by atoms with E-state index in [-0.39, 0.29) is 0 Å². The summed E-state index contributed by atoms with van der Waals surface area (Å²) in [6, 6.07) is 0. The zero-order valence-electron chi connectivity index (χ0n) is 6.22. The molecule has 6 heteroatoms. The van der Waals surface area contributed by atoms with E-state index in [9.17, 15) is 9.59 Å². The quantitative estimate of drug-likeness (QED) is 0.158. The third-order valence-electron chi connectivity index (χ3n) is 0.807. The number of allylic oxidation sites excluding steroid dienone is 1. The van der Waals surface area contributed by atoms with Gasteiger partial charge in [0.1, 0.15) is 0 Å². The van der Waals surface area contributed by atoms with Crippen LogP contribution in [0.15, 0.2) is 12.3 Å². The molecule has 0 spiro atoms. The number of carbonyl (C=O) groups is 2. The van der Waals surface area contributed by atoms with Crippen molar-refractivity contribution >= 4 is 17.7 Å². The van der Waals surface area contributed by atoms with Gasteiger partial charge < -0.3 is 15.4 Å². The first-order valence-corrected chi connectivity index (χ1v) is 2.91. The van der Waals surface area contributed by atoms with Gasteiger partial charge >= 0.3 is 17.7 Å². The Morgan fingerprint density at radius 1 is 1.58 bits per heavy atom. The number of nitrogens with zero attached hydrogens (tertiary/aromatic N) is 2. The zero-order valence-corrected chi connectivity index (χ0v) is 6.22. The molecule has 0 saturated heterocycles. The second-order valence-electron chi connectivity index (χ2n) is 1.63. The van der Waals surface area contributed by atoms with E-state index in [2.05, 4.69) is 9.53 Å². The highest BCUT2D eigenvalue weighted by molar-refractivity contribution is 6.60. The highest BCUT2D eigenvalue weighted by Gasteiger charge is 2.30. The molecule has 0 atom stereocenters. The molecule has 0 bridgehead atoms. The van der Waals surface area contributed by atoms with Crippen molar-refractivity contribution in [2.24, 2.45) is 0 Å². The molecule has 0 radical (unpaired) electrons. The van der Waals surface area contributed by atoms with Gasteiger partial charge in [0, 0.05) is 0 Å². The number of esters is 1. The van der Waals surface area contributed by atoms with Crippen LogP contribution in [0.4, 0.5) is 0 Å². The summed E-state index contributed by atoms with van der Waals surface area (Å²) in [5, 5.41) is 8.23. The number of carbonyl (C=O) groups excluding carboxylic acids is 1. The maximum absolute atomic E-state index is 10.6. The first-order valence-electron chi connectivity index (χ1n) is 2.91. The molecular weight excluding hydrogens is 164 g/mol. The smallest absolute Gasteiger partial charge is 0.472 e. The average molecular weight is 170 g/mol. The van der Waals surface area contributed by atoms with Crippen LogP contribution in [0, 0.1) is 0 Å². The predicted octanol–water partition coefficient (Wildman–Crippen LogP) is -0.181. The van der Waals surface area contributed by atoms with E-state index >= 15 is 0 Å². The maximum Gasteiger partial charge on any atom is 0.482 e. The summed E-state index contributed by atoms with van der Waals surface area (Å²) in [7, 11) is 0. The normalized spacial score (nSPS) is 9.08. The van der Waals surface area contributed by atoms with Gasteiger partial charge in [0.05, 0.1) is 6.26 Å². The molecule has 0 aliphatic heterocycles. The van der Waals surface area contributed by atoms with Gasteiger partial charge in [-0.3, -0.25) is 0 Å². The Hall–Kier alpha value is -1.94.